The van der Waals surface area contributed by atoms with Crippen LogP contribution in [0.3, 0.4) is 0 Å². The number of aryl methyl sites for hydroxylation is 1. The molecule has 102 valence electrons. The third-order valence-electron chi connectivity index (χ3n) is 3.29. The number of hydrogen-bond acceptors (Lipinski definition) is 2. The first kappa shape index (κ1) is 14.4. The molecule has 0 aliphatic heterocycles. The van der Waals surface area contributed by atoms with Gasteiger partial charge in [-0.25, -0.2) is 0 Å². The summed E-state index contributed by atoms with van der Waals surface area (Å²) >= 11 is 3.56. The van der Waals surface area contributed by atoms with Crippen LogP contribution in [0.2, 0.25) is 0 Å². The Morgan fingerprint density at radius 2 is 2.05 bits per heavy atom. The molecular formula is C16H20BrNO. The molecule has 0 aliphatic carbocycles. The van der Waals surface area contributed by atoms with E-state index in [0.29, 0.717) is 0 Å². The maximum Gasteiger partial charge on any atom is 0.135 e. The van der Waals surface area contributed by atoms with Crippen molar-refractivity contribution in [3.8, 4) is 0 Å². The van der Waals surface area contributed by atoms with E-state index in [1.807, 2.05) is 6.07 Å². The fraction of sp³-hybridized carbons (Fsp3) is 0.375. The van der Waals surface area contributed by atoms with Gasteiger partial charge in [-0.05, 0) is 59.4 Å². The third-order valence-corrected chi connectivity index (χ3v) is 3.94. The number of hydrogen-bond donors (Lipinski definition) is 1. The fourth-order valence-electron chi connectivity index (χ4n) is 2.19. The molecule has 2 nitrogen and oxygen atoms in total. The molecule has 0 aliphatic rings. The predicted molar refractivity (Wildman–Crippen MR) is 82.3 cm³/mol. The van der Waals surface area contributed by atoms with Crippen LogP contribution < -0.4 is 5.32 Å². The Balaban J connectivity index is 2.19. The molecule has 1 aromatic heterocycles. The molecule has 1 heterocycles. The number of halogens is 1. The van der Waals surface area contributed by atoms with Gasteiger partial charge in [0.15, 0.2) is 0 Å². The SMILES string of the molecule is CCCNC(Cc1ccccc1C)c1occc1Br. The highest BCUT2D eigenvalue weighted by Gasteiger charge is 2.18. The van der Waals surface area contributed by atoms with E-state index < -0.39 is 0 Å². The van der Waals surface area contributed by atoms with Crippen molar-refractivity contribution >= 4 is 15.9 Å². The van der Waals surface area contributed by atoms with Crippen molar-refractivity contribution in [2.75, 3.05) is 6.54 Å². The van der Waals surface area contributed by atoms with Gasteiger partial charge < -0.3 is 9.73 Å². The van der Waals surface area contributed by atoms with E-state index in [9.17, 15) is 0 Å². The Morgan fingerprint density at radius 1 is 1.26 bits per heavy atom. The van der Waals surface area contributed by atoms with Gasteiger partial charge in [0.1, 0.15) is 5.76 Å². The van der Waals surface area contributed by atoms with Gasteiger partial charge in [-0.3, -0.25) is 0 Å². The zero-order chi connectivity index (χ0) is 13.7. The van der Waals surface area contributed by atoms with Crippen LogP contribution in [-0.4, -0.2) is 6.54 Å². The van der Waals surface area contributed by atoms with Crippen LogP contribution in [-0.2, 0) is 6.42 Å². The van der Waals surface area contributed by atoms with Crippen LogP contribution >= 0.6 is 15.9 Å². The van der Waals surface area contributed by atoms with Crippen molar-refractivity contribution < 1.29 is 4.42 Å². The monoisotopic (exact) mass is 321 g/mol. The van der Waals surface area contributed by atoms with Crippen LogP contribution in [0.4, 0.5) is 0 Å². The smallest absolute Gasteiger partial charge is 0.135 e. The van der Waals surface area contributed by atoms with E-state index in [1.54, 1.807) is 6.26 Å². The molecule has 1 unspecified atom stereocenters. The van der Waals surface area contributed by atoms with E-state index in [-0.39, 0.29) is 6.04 Å². The molecule has 0 radical (unpaired) electrons. The topological polar surface area (TPSA) is 25.2 Å². The van der Waals surface area contributed by atoms with Crippen molar-refractivity contribution in [3.63, 3.8) is 0 Å². The molecule has 0 saturated heterocycles. The second-order valence-corrected chi connectivity index (χ2v) is 5.62. The number of benzene rings is 1. The Bertz CT molecular complexity index is 521. The summed E-state index contributed by atoms with van der Waals surface area (Å²) in [7, 11) is 0. The molecule has 0 fully saturated rings. The molecule has 1 aromatic carbocycles. The largest absolute Gasteiger partial charge is 0.466 e. The summed E-state index contributed by atoms with van der Waals surface area (Å²) in [5.74, 6) is 0.983. The minimum Gasteiger partial charge on any atom is -0.466 e. The molecule has 1 N–H and O–H groups in total. The molecule has 19 heavy (non-hydrogen) atoms. The number of furan rings is 1. The van der Waals surface area contributed by atoms with Gasteiger partial charge in [-0.15, -0.1) is 0 Å². The predicted octanol–water partition coefficient (Wildman–Crippen LogP) is 4.63. The molecule has 0 spiro atoms. The molecular weight excluding hydrogens is 302 g/mol. The highest BCUT2D eigenvalue weighted by atomic mass is 79.9. The van der Waals surface area contributed by atoms with Gasteiger partial charge in [0, 0.05) is 0 Å². The zero-order valence-electron chi connectivity index (χ0n) is 11.4. The average molecular weight is 322 g/mol. The lowest BCUT2D eigenvalue weighted by Crippen LogP contribution is -2.24. The first-order chi connectivity index (χ1) is 9.22. The van der Waals surface area contributed by atoms with E-state index in [2.05, 4.69) is 59.4 Å². The van der Waals surface area contributed by atoms with Gasteiger partial charge in [-0.2, -0.15) is 0 Å². The van der Waals surface area contributed by atoms with E-state index in [1.165, 1.54) is 11.1 Å². The summed E-state index contributed by atoms with van der Waals surface area (Å²) in [6.07, 6.45) is 3.79. The molecule has 1 atom stereocenters. The maximum absolute atomic E-state index is 5.63. The van der Waals surface area contributed by atoms with Gasteiger partial charge in [0.05, 0.1) is 16.8 Å². The molecule has 0 amide bonds. The fourth-order valence-corrected chi connectivity index (χ4v) is 2.67. The maximum atomic E-state index is 5.63. The highest BCUT2D eigenvalue weighted by molar-refractivity contribution is 9.10. The van der Waals surface area contributed by atoms with Crippen molar-refractivity contribution in [1.82, 2.24) is 5.32 Å². The second kappa shape index (κ2) is 6.92. The zero-order valence-corrected chi connectivity index (χ0v) is 13.0. The van der Waals surface area contributed by atoms with Crippen molar-refractivity contribution in [2.24, 2.45) is 0 Å². The first-order valence-corrected chi connectivity index (χ1v) is 7.52. The van der Waals surface area contributed by atoms with Gasteiger partial charge in [0.25, 0.3) is 0 Å². The normalized spacial score (nSPS) is 12.6. The molecule has 3 heteroatoms. The van der Waals surface area contributed by atoms with E-state index >= 15 is 0 Å². The lowest BCUT2D eigenvalue weighted by molar-refractivity contribution is 0.408. The lowest BCUT2D eigenvalue weighted by atomic mass is 9.99. The minimum absolute atomic E-state index is 0.213. The Labute approximate surface area is 123 Å². The summed E-state index contributed by atoms with van der Waals surface area (Å²) in [6, 6.07) is 10.7. The molecule has 2 aromatic rings. The first-order valence-electron chi connectivity index (χ1n) is 6.73. The highest BCUT2D eigenvalue weighted by Crippen LogP contribution is 2.28. The standard InChI is InChI=1S/C16H20BrNO/c1-3-9-18-15(16-14(17)8-10-19-16)11-13-7-5-4-6-12(13)2/h4-8,10,15,18H,3,9,11H2,1-2H3. The Hall–Kier alpha value is -1.06. The van der Waals surface area contributed by atoms with Crippen LogP contribution in [0.1, 0.15) is 36.3 Å². The van der Waals surface area contributed by atoms with E-state index in [0.717, 1.165) is 29.6 Å². The number of nitrogens with one attached hydrogen (secondary N) is 1. The van der Waals surface area contributed by atoms with Gasteiger partial charge >= 0.3 is 0 Å². The Morgan fingerprint density at radius 3 is 2.68 bits per heavy atom. The van der Waals surface area contributed by atoms with Crippen LogP contribution in [0, 0.1) is 6.92 Å². The minimum atomic E-state index is 0.213. The van der Waals surface area contributed by atoms with Crippen LogP contribution in [0.25, 0.3) is 0 Å². The molecule has 0 saturated carbocycles. The average Bonchev–Trinajstić information content (AvgIpc) is 2.83. The third kappa shape index (κ3) is 3.71. The van der Waals surface area contributed by atoms with Gasteiger partial charge in [0.2, 0.25) is 0 Å². The quantitative estimate of drug-likeness (QED) is 0.838. The number of rotatable bonds is 6. The van der Waals surface area contributed by atoms with E-state index in [4.69, 9.17) is 4.42 Å². The lowest BCUT2D eigenvalue weighted by Gasteiger charge is -2.18. The summed E-state index contributed by atoms with van der Waals surface area (Å²) in [4.78, 5) is 0. The van der Waals surface area contributed by atoms with Crippen LogP contribution in [0.5, 0.6) is 0 Å². The summed E-state index contributed by atoms with van der Waals surface area (Å²) in [6.45, 7) is 5.32. The van der Waals surface area contributed by atoms with Crippen LogP contribution in [0.15, 0.2) is 45.5 Å². The summed E-state index contributed by atoms with van der Waals surface area (Å²) in [5.41, 5.74) is 2.69. The summed E-state index contributed by atoms with van der Waals surface area (Å²) in [5, 5.41) is 3.56. The second-order valence-electron chi connectivity index (χ2n) is 4.77. The Kier molecular flexibility index (Phi) is 5.23. The summed E-state index contributed by atoms with van der Waals surface area (Å²) < 4.78 is 6.66. The molecule has 0 bridgehead atoms. The van der Waals surface area contributed by atoms with Crippen molar-refractivity contribution in [3.05, 3.63) is 58.0 Å². The van der Waals surface area contributed by atoms with Gasteiger partial charge in [-0.1, -0.05) is 31.2 Å². The van der Waals surface area contributed by atoms with Crippen molar-refractivity contribution in [2.45, 2.75) is 32.7 Å². The molecule has 2 rings (SSSR count). The van der Waals surface area contributed by atoms with Crippen molar-refractivity contribution in [1.29, 1.82) is 0 Å².